The first-order valence-electron chi connectivity index (χ1n) is 5.39. The van der Waals surface area contributed by atoms with E-state index < -0.39 is 24.7 Å². The largest absolute Gasteiger partial charge is 0.455 e. The number of nitriles is 1. The lowest BCUT2D eigenvalue weighted by molar-refractivity contribution is -0.186. The van der Waals surface area contributed by atoms with Crippen LogP contribution in [0, 0.1) is 11.3 Å². The Bertz CT molecular complexity index is 642. The van der Waals surface area contributed by atoms with Crippen LogP contribution >= 0.6 is 11.3 Å². The molecule has 2 rings (SSSR count). The van der Waals surface area contributed by atoms with Crippen LogP contribution in [-0.4, -0.2) is 23.7 Å². The second kappa shape index (κ2) is 5.46. The number of rotatable bonds is 3. The molecular formula is C12H7F3N2O2S. The molecule has 1 atom stereocenters. The van der Waals surface area contributed by atoms with Crippen molar-refractivity contribution >= 4 is 27.5 Å². The summed E-state index contributed by atoms with van der Waals surface area (Å²) in [7, 11) is 0. The van der Waals surface area contributed by atoms with Gasteiger partial charge in [0.05, 0.1) is 16.3 Å². The molecule has 0 aliphatic heterocycles. The van der Waals surface area contributed by atoms with Gasteiger partial charge in [0.15, 0.2) is 12.5 Å². The fourth-order valence-electron chi connectivity index (χ4n) is 1.46. The lowest BCUT2D eigenvalue weighted by Gasteiger charge is -2.09. The van der Waals surface area contributed by atoms with Gasteiger partial charge in [0, 0.05) is 0 Å². The maximum absolute atomic E-state index is 12.0. The van der Waals surface area contributed by atoms with Gasteiger partial charge in [-0.15, -0.1) is 11.3 Å². The van der Waals surface area contributed by atoms with Gasteiger partial charge in [-0.05, 0) is 12.1 Å². The highest BCUT2D eigenvalue weighted by Gasteiger charge is 2.33. The zero-order valence-electron chi connectivity index (χ0n) is 9.85. The van der Waals surface area contributed by atoms with Gasteiger partial charge in [-0.1, -0.05) is 12.1 Å². The molecule has 0 N–H and O–H groups in total. The molecule has 0 radical (unpaired) electrons. The van der Waals surface area contributed by atoms with E-state index in [1.807, 2.05) is 0 Å². The smallest absolute Gasteiger partial charge is 0.422 e. The van der Waals surface area contributed by atoms with Crippen molar-refractivity contribution < 1.29 is 22.7 Å². The molecule has 0 saturated heterocycles. The maximum atomic E-state index is 12.0. The fourth-order valence-corrected chi connectivity index (χ4v) is 2.46. The van der Waals surface area contributed by atoms with E-state index in [-0.39, 0.29) is 5.01 Å². The van der Waals surface area contributed by atoms with Gasteiger partial charge < -0.3 is 4.74 Å². The minimum atomic E-state index is -4.62. The lowest BCUT2D eigenvalue weighted by atomic mass is 10.2. The zero-order chi connectivity index (χ0) is 14.8. The summed E-state index contributed by atoms with van der Waals surface area (Å²) in [5.74, 6) is -2.70. The molecule has 104 valence electrons. The van der Waals surface area contributed by atoms with Gasteiger partial charge in [0.2, 0.25) is 0 Å². The molecule has 0 saturated carbocycles. The quantitative estimate of drug-likeness (QED) is 0.817. The van der Waals surface area contributed by atoms with Crippen LogP contribution in [0.15, 0.2) is 24.3 Å². The minimum absolute atomic E-state index is 0.126. The Morgan fingerprint density at radius 3 is 2.75 bits per heavy atom. The molecule has 1 aromatic carbocycles. The average Bonchev–Trinajstić information content (AvgIpc) is 2.79. The highest BCUT2D eigenvalue weighted by Crippen LogP contribution is 2.28. The number of ether oxygens (including phenoxy) is 1. The lowest BCUT2D eigenvalue weighted by Crippen LogP contribution is -2.23. The van der Waals surface area contributed by atoms with Crippen molar-refractivity contribution in [3.8, 4) is 6.07 Å². The molecular weight excluding hydrogens is 293 g/mol. The van der Waals surface area contributed by atoms with Gasteiger partial charge in [-0.2, -0.15) is 18.4 Å². The Labute approximate surface area is 115 Å². The fraction of sp³-hybridized carbons (Fsp3) is 0.250. The standard InChI is InChI=1S/C12H7F3N2O2S/c13-12(14,15)6-19-11(18)7(5-16)10-17-8-3-1-2-4-9(8)20-10/h1-4,7H,6H2. The van der Waals surface area contributed by atoms with E-state index in [2.05, 4.69) is 9.72 Å². The van der Waals surface area contributed by atoms with Crippen molar-refractivity contribution in [1.82, 2.24) is 4.98 Å². The highest BCUT2D eigenvalue weighted by atomic mass is 32.1. The van der Waals surface area contributed by atoms with Crippen LogP contribution in [0.3, 0.4) is 0 Å². The van der Waals surface area contributed by atoms with Gasteiger partial charge in [-0.25, -0.2) is 4.98 Å². The number of nitrogens with zero attached hydrogens (tertiary/aromatic N) is 2. The number of benzene rings is 1. The van der Waals surface area contributed by atoms with E-state index in [0.29, 0.717) is 5.52 Å². The molecule has 0 aliphatic carbocycles. The van der Waals surface area contributed by atoms with Crippen LogP contribution in [0.5, 0.6) is 0 Å². The van der Waals surface area contributed by atoms with Crippen molar-refractivity contribution in [2.45, 2.75) is 12.1 Å². The summed E-state index contributed by atoms with van der Waals surface area (Å²) in [6, 6.07) is 8.54. The molecule has 0 amide bonds. The predicted molar refractivity (Wildman–Crippen MR) is 65.0 cm³/mol. The van der Waals surface area contributed by atoms with Crippen molar-refractivity contribution in [1.29, 1.82) is 5.26 Å². The van der Waals surface area contributed by atoms with E-state index in [1.54, 1.807) is 30.3 Å². The van der Waals surface area contributed by atoms with E-state index in [9.17, 15) is 18.0 Å². The molecule has 0 fully saturated rings. The van der Waals surface area contributed by atoms with E-state index >= 15 is 0 Å². The normalized spacial score (nSPS) is 12.9. The van der Waals surface area contributed by atoms with Crippen LogP contribution in [0.25, 0.3) is 10.2 Å². The molecule has 0 spiro atoms. The molecule has 0 bridgehead atoms. The SMILES string of the molecule is N#CC(C(=O)OCC(F)(F)F)c1nc2ccccc2s1. The molecule has 1 aromatic heterocycles. The Morgan fingerprint density at radius 1 is 1.45 bits per heavy atom. The number of carbonyl (C=O) groups is 1. The number of esters is 1. The molecule has 20 heavy (non-hydrogen) atoms. The number of hydrogen-bond acceptors (Lipinski definition) is 5. The average molecular weight is 300 g/mol. The number of carbonyl (C=O) groups excluding carboxylic acids is 1. The van der Waals surface area contributed by atoms with Crippen LogP contribution in [0.4, 0.5) is 13.2 Å². The Hall–Kier alpha value is -2.14. The third kappa shape index (κ3) is 3.24. The van der Waals surface area contributed by atoms with Crippen molar-refractivity contribution in [2.75, 3.05) is 6.61 Å². The van der Waals surface area contributed by atoms with E-state index in [1.165, 1.54) is 0 Å². The maximum Gasteiger partial charge on any atom is 0.422 e. The molecule has 1 unspecified atom stereocenters. The summed E-state index contributed by atoms with van der Waals surface area (Å²) in [6.45, 7) is -1.71. The number of fused-ring (bicyclic) bond motifs is 1. The van der Waals surface area contributed by atoms with Crippen molar-refractivity contribution in [2.24, 2.45) is 0 Å². The number of thiazole rings is 1. The summed E-state index contributed by atoms with van der Waals surface area (Å²) in [6.07, 6.45) is -4.62. The van der Waals surface area contributed by atoms with Gasteiger partial charge in [0.25, 0.3) is 0 Å². The van der Waals surface area contributed by atoms with E-state index in [0.717, 1.165) is 16.0 Å². The second-order valence-corrected chi connectivity index (χ2v) is 4.87. The van der Waals surface area contributed by atoms with Crippen LogP contribution in [0.1, 0.15) is 10.9 Å². The van der Waals surface area contributed by atoms with Crippen LogP contribution in [0.2, 0.25) is 0 Å². The van der Waals surface area contributed by atoms with Gasteiger partial charge >= 0.3 is 12.1 Å². The Balaban J connectivity index is 2.19. The molecule has 4 nitrogen and oxygen atoms in total. The van der Waals surface area contributed by atoms with Crippen molar-refractivity contribution in [3.05, 3.63) is 29.3 Å². The summed E-state index contributed by atoms with van der Waals surface area (Å²) in [4.78, 5) is 15.6. The highest BCUT2D eigenvalue weighted by molar-refractivity contribution is 7.18. The van der Waals surface area contributed by atoms with Gasteiger partial charge in [0.1, 0.15) is 5.01 Å². The third-order valence-electron chi connectivity index (χ3n) is 2.30. The minimum Gasteiger partial charge on any atom is -0.455 e. The predicted octanol–water partition coefficient (Wildman–Crippen LogP) is 3.01. The topological polar surface area (TPSA) is 63.0 Å². The summed E-state index contributed by atoms with van der Waals surface area (Å²) < 4.78 is 40.8. The molecule has 8 heteroatoms. The summed E-state index contributed by atoms with van der Waals surface area (Å²) in [5.41, 5.74) is 0.580. The molecule has 0 aliphatic rings. The second-order valence-electron chi connectivity index (χ2n) is 3.80. The molecule has 2 aromatic rings. The number of aromatic nitrogens is 1. The number of alkyl halides is 3. The van der Waals surface area contributed by atoms with Crippen molar-refractivity contribution in [3.63, 3.8) is 0 Å². The third-order valence-corrected chi connectivity index (χ3v) is 3.40. The first kappa shape index (κ1) is 14.3. The van der Waals surface area contributed by atoms with Crippen LogP contribution < -0.4 is 0 Å². The van der Waals surface area contributed by atoms with Crippen LogP contribution in [-0.2, 0) is 9.53 Å². The first-order valence-corrected chi connectivity index (χ1v) is 6.21. The first-order chi connectivity index (χ1) is 9.40. The Kier molecular flexibility index (Phi) is 3.90. The number of hydrogen-bond donors (Lipinski definition) is 0. The van der Waals surface area contributed by atoms with Gasteiger partial charge in [-0.3, -0.25) is 4.79 Å². The number of para-hydroxylation sites is 1. The monoisotopic (exact) mass is 300 g/mol. The summed E-state index contributed by atoms with van der Waals surface area (Å²) >= 11 is 1.08. The zero-order valence-corrected chi connectivity index (χ0v) is 10.7. The van der Waals surface area contributed by atoms with E-state index in [4.69, 9.17) is 5.26 Å². The Morgan fingerprint density at radius 2 is 2.15 bits per heavy atom. The number of halogens is 3. The molecule has 1 heterocycles. The summed E-state index contributed by atoms with van der Waals surface area (Å²) in [5, 5.41) is 9.06.